The van der Waals surface area contributed by atoms with Crippen LogP contribution in [0.5, 0.6) is 0 Å². The number of aromatic nitrogens is 6. The van der Waals surface area contributed by atoms with Gasteiger partial charge in [-0.05, 0) is 45.4 Å². The normalized spacial score (nSPS) is 12.7. The van der Waals surface area contributed by atoms with Gasteiger partial charge in [-0.1, -0.05) is 30.3 Å². The number of hydrogen-bond donors (Lipinski definition) is 4. The lowest BCUT2D eigenvalue weighted by Gasteiger charge is -2.20. The van der Waals surface area contributed by atoms with Crippen LogP contribution in [0.4, 0.5) is 17.3 Å². The second-order valence-corrected chi connectivity index (χ2v) is 10.6. The average molecular weight is 575 g/mol. The van der Waals surface area contributed by atoms with E-state index in [2.05, 4.69) is 25.8 Å². The Hall–Kier alpha value is -4.59. The summed E-state index contributed by atoms with van der Waals surface area (Å²) in [6, 6.07) is 14.2. The topological polar surface area (TPSA) is 165 Å². The van der Waals surface area contributed by atoms with Crippen molar-refractivity contribution >= 4 is 28.4 Å². The number of aliphatic hydroxyl groups is 2. The summed E-state index contributed by atoms with van der Waals surface area (Å²) in [4.78, 5) is 22.2. The van der Waals surface area contributed by atoms with Crippen molar-refractivity contribution in [1.29, 1.82) is 0 Å². The lowest BCUT2D eigenvalue weighted by Crippen LogP contribution is -2.25. The highest BCUT2D eigenvalue weighted by Crippen LogP contribution is 2.33. The Morgan fingerprint density at radius 1 is 1.10 bits per heavy atom. The third-order valence-corrected chi connectivity index (χ3v) is 6.61. The molecule has 4 aromatic heterocycles. The summed E-state index contributed by atoms with van der Waals surface area (Å²) in [5.41, 5.74) is 0.907. The van der Waals surface area contributed by atoms with Gasteiger partial charge in [-0.3, -0.25) is 9.48 Å². The van der Waals surface area contributed by atoms with Crippen molar-refractivity contribution in [3.05, 3.63) is 76.5 Å². The lowest BCUT2D eigenvalue weighted by atomic mass is 10.1. The molecule has 0 amide bonds. The van der Waals surface area contributed by atoms with Crippen molar-refractivity contribution in [3.8, 4) is 11.5 Å². The van der Waals surface area contributed by atoms with Crippen molar-refractivity contribution in [3.63, 3.8) is 0 Å². The number of pyridine rings is 2. The number of hydrogen-bond acceptors (Lipinski definition) is 11. The van der Waals surface area contributed by atoms with Crippen LogP contribution in [0.15, 0.2) is 63.9 Å². The van der Waals surface area contributed by atoms with Crippen LogP contribution in [0.3, 0.4) is 0 Å². The van der Waals surface area contributed by atoms with E-state index in [1.165, 1.54) is 11.8 Å². The van der Waals surface area contributed by atoms with E-state index in [-0.39, 0.29) is 36.7 Å². The van der Waals surface area contributed by atoms with Crippen LogP contribution in [0.25, 0.3) is 22.5 Å². The van der Waals surface area contributed by atoms with Gasteiger partial charge < -0.3 is 30.0 Å². The van der Waals surface area contributed by atoms with Crippen LogP contribution in [0.2, 0.25) is 0 Å². The standard InChI is InChI=1S/C29H34N8O5/c1-17(2)37-25-19(27(39)36(37)16-41-5)11-12-23(33-25)32-24-13-21(31-22(15-38)18-9-7-6-8-10-18)20(14-30-24)26-34-35-28(42-26)29(3,4)40/h6-14,17,22,38,40H,15-16H2,1-5H3,(H2,30,31,32,33)/t22-/m1/s1. The fraction of sp³-hybridized carbons (Fsp3) is 0.345. The molecule has 0 bridgehead atoms. The first-order valence-corrected chi connectivity index (χ1v) is 13.5. The molecule has 0 unspecified atom stereocenters. The highest BCUT2D eigenvalue weighted by Gasteiger charge is 2.26. The minimum absolute atomic E-state index is 0.0436. The zero-order chi connectivity index (χ0) is 30.0. The van der Waals surface area contributed by atoms with Gasteiger partial charge in [0.2, 0.25) is 5.89 Å². The molecule has 0 aliphatic rings. The second-order valence-electron chi connectivity index (χ2n) is 10.6. The van der Waals surface area contributed by atoms with Crippen molar-refractivity contribution in [2.75, 3.05) is 24.4 Å². The first-order valence-electron chi connectivity index (χ1n) is 13.5. The fourth-order valence-electron chi connectivity index (χ4n) is 4.61. The Balaban J connectivity index is 1.55. The van der Waals surface area contributed by atoms with Crippen LogP contribution in [-0.2, 0) is 17.1 Å². The van der Waals surface area contributed by atoms with Crippen molar-refractivity contribution in [2.45, 2.75) is 52.1 Å². The van der Waals surface area contributed by atoms with Gasteiger partial charge >= 0.3 is 0 Å². The molecule has 1 atom stereocenters. The predicted molar refractivity (Wildman–Crippen MR) is 157 cm³/mol. The second kappa shape index (κ2) is 11.7. The number of nitrogens with one attached hydrogen (secondary N) is 2. The summed E-state index contributed by atoms with van der Waals surface area (Å²) < 4.78 is 14.3. The van der Waals surface area contributed by atoms with Gasteiger partial charge in [0.1, 0.15) is 24.0 Å². The molecule has 0 aliphatic heterocycles. The molecule has 0 radical (unpaired) electrons. The van der Waals surface area contributed by atoms with Gasteiger partial charge in [-0.15, -0.1) is 10.2 Å². The van der Waals surface area contributed by atoms with E-state index in [1.807, 2.05) is 44.2 Å². The van der Waals surface area contributed by atoms with E-state index in [0.717, 1.165) is 5.56 Å². The SMILES string of the molecule is COCn1c(=O)c2ccc(Nc3cc(N[C@H](CO)c4ccccc4)c(-c4nnc(C(C)(C)O)o4)cn3)nc2n1C(C)C. The number of anilines is 3. The Kier molecular flexibility index (Phi) is 8.07. The van der Waals surface area contributed by atoms with E-state index in [4.69, 9.17) is 14.1 Å². The average Bonchev–Trinajstić information content (AvgIpc) is 3.56. The maximum atomic E-state index is 13.0. The van der Waals surface area contributed by atoms with E-state index in [1.54, 1.807) is 42.9 Å². The van der Waals surface area contributed by atoms with E-state index in [9.17, 15) is 15.0 Å². The maximum absolute atomic E-state index is 13.0. The molecule has 13 heteroatoms. The number of aliphatic hydroxyl groups excluding tert-OH is 1. The summed E-state index contributed by atoms with van der Waals surface area (Å²) in [5.74, 6) is 1.12. The Morgan fingerprint density at radius 3 is 2.50 bits per heavy atom. The van der Waals surface area contributed by atoms with E-state index < -0.39 is 11.6 Å². The first-order chi connectivity index (χ1) is 20.1. The fourth-order valence-corrected chi connectivity index (χ4v) is 4.61. The Labute approximate surface area is 241 Å². The largest absolute Gasteiger partial charge is 0.417 e. The summed E-state index contributed by atoms with van der Waals surface area (Å²) in [5, 5.41) is 35.7. The summed E-state index contributed by atoms with van der Waals surface area (Å²) >= 11 is 0. The third kappa shape index (κ3) is 5.75. The number of benzene rings is 1. The van der Waals surface area contributed by atoms with Crippen LogP contribution in [0.1, 0.15) is 51.2 Å². The smallest absolute Gasteiger partial charge is 0.278 e. The maximum Gasteiger partial charge on any atom is 0.278 e. The Bertz CT molecular complexity index is 1740. The third-order valence-electron chi connectivity index (χ3n) is 6.61. The van der Waals surface area contributed by atoms with E-state index >= 15 is 0 Å². The molecule has 4 heterocycles. The minimum Gasteiger partial charge on any atom is -0.417 e. The molecule has 0 aliphatic carbocycles. The van der Waals surface area contributed by atoms with Gasteiger partial charge in [-0.2, -0.15) is 0 Å². The van der Waals surface area contributed by atoms with Crippen molar-refractivity contribution in [1.82, 2.24) is 29.5 Å². The highest BCUT2D eigenvalue weighted by molar-refractivity contribution is 5.79. The molecule has 1 aromatic carbocycles. The van der Waals surface area contributed by atoms with Gasteiger partial charge in [-0.25, -0.2) is 14.6 Å². The summed E-state index contributed by atoms with van der Waals surface area (Å²) in [6.07, 6.45) is 1.56. The highest BCUT2D eigenvalue weighted by atomic mass is 16.5. The molecular formula is C29H34N8O5. The van der Waals surface area contributed by atoms with Gasteiger partial charge in [0.25, 0.3) is 11.4 Å². The zero-order valence-electron chi connectivity index (χ0n) is 24.1. The molecule has 5 rings (SSSR count). The molecule has 0 fully saturated rings. The molecule has 220 valence electrons. The molecular weight excluding hydrogens is 540 g/mol. The van der Waals surface area contributed by atoms with Crippen molar-refractivity contribution < 1.29 is 19.4 Å². The van der Waals surface area contributed by atoms with Gasteiger partial charge in [0, 0.05) is 25.4 Å². The lowest BCUT2D eigenvalue weighted by molar-refractivity contribution is 0.0488. The summed E-state index contributed by atoms with van der Waals surface area (Å²) in [6.45, 7) is 6.96. The van der Waals surface area contributed by atoms with Crippen molar-refractivity contribution in [2.24, 2.45) is 0 Å². The minimum atomic E-state index is -1.32. The molecule has 0 spiro atoms. The molecule has 13 nitrogen and oxygen atoms in total. The number of fused-ring (bicyclic) bond motifs is 1. The molecule has 0 saturated heterocycles. The monoisotopic (exact) mass is 574 g/mol. The first kappa shape index (κ1) is 28.9. The number of nitrogens with zero attached hydrogens (tertiary/aromatic N) is 6. The summed E-state index contributed by atoms with van der Waals surface area (Å²) in [7, 11) is 1.54. The van der Waals surface area contributed by atoms with E-state index in [0.29, 0.717) is 33.9 Å². The van der Waals surface area contributed by atoms with Crippen LogP contribution >= 0.6 is 0 Å². The molecule has 42 heavy (non-hydrogen) atoms. The molecule has 4 N–H and O–H groups in total. The predicted octanol–water partition coefficient (Wildman–Crippen LogP) is 3.94. The van der Waals surface area contributed by atoms with Crippen LogP contribution in [0, 0.1) is 0 Å². The Morgan fingerprint density at radius 2 is 1.86 bits per heavy atom. The number of methoxy groups -OCH3 is 1. The number of ether oxygens (including phenoxy) is 1. The van der Waals surface area contributed by atoms with Crippen LogP contribution in [-0.4, -0.2) is 53.5 Å². The van der Waals surface area contributed by atoms with Crippen LogP contribution < -0.4 is 16.2 Å². The van der Waals surface area contributed by atoms with Gasteiger partial charge in [0.05, 0.1) is 29.3 Å². The zero-order valence-corrected chi connectivity index (χ0v) is 24.1. The molecule has 0 saturated carbocycles. The number of rotatable bonds is 11. The van der Waals surface area contributed by atoms with Gasteiger partial charge in [0.15, 0.2) is 5.65 Å². The molecule has 5 aromatic rings. The quantitative estimate of drug-likeness (QED) is 0.180.